The Hall–Kier alpha value is -2.14. The lowest BCUT2D eigenvalue weighted by Crippen LogP contribution is -2.51. The molecule has 1 aliphatic rings. The molecule has 1 fully saturated rings. The zero-order valence-corrected chi connectivity index (χ0v) is 16.1. The molecule has 0 radical (unpaired) electrons. The van der Waals surface area contributed by atoms with Crippen LogP contribution in [0.4, 0.5) is 0 Å². The molecular weight excluding hydrogens is 324 g/mol. The van der Waals surface area contributed by atoms with Gasteiger partial charge in [-0.05, 0) is 70.8 Å². The maximum absolute atomic E-state index is 13.2. The third-order valence-corrected chi connectivity index (χ3v) is 5.77. The molecule has 1 amide bonds. The monoisotopic (exact) mass is 354 g/mol. The number of H-pyrrole nitrogens is 1. The maximum Gasteiger partial charge on any atom is 0.230 e. The van der Waals surface area contributed by atoms with E-state index in [9.17, 15) is 4.79 Å². The Morgan fingerprint density at radius 2 is 1.92 bits per heavy atom. The van der Waals surface area contributed by atoms with Crippen LogP contribution in [0.2, 0.25) is 0 Å². The summed E-state index contributed by atoms with van der Waals surface area (Å²) in [7, 11) is 2.13. The summed E-state index contributed by atoms with van der Waals surface area (Å²) in [5.74, 6) is 0.178. The van der Waals surface area contributed by atoms with Crippen molar-refractivity contribution in [2.75, 3.05) is 26.7 Å². The lowest BCUT2D eigenvalue weighted by atomic mass is 9.72. The van der Waals surface area contributed by atoms with Crippen LogP contribution < -0.4 is 5.32 Å². The highest BCUT2D eigenvalue weighted by Gasteiger charge is 2.41. The van der Waals surface area contributed by atoms with Gasteiger partial charge in [0.25, 0.3) is 0 Å². The summed E-state index contributed by atoms with van der Waals surface area (Å²) >= 11 is 0. The fraction of sp³-hybridized carbons (Fsp3) is 0.524. The van der Waals surface area contributed by atoms with Gasteiger partial charge in [-0.25, -0.2) is 0 Å². The lowest BCUT2D eigenvalue weighted by molar-refractivity contribution is -0.128. The molecule has 5 nitrogen and oxygen atoms in total. The van der Waals surface area contributed by atoms with E-state index in [0.717, 1.165) is 55.7 Å². The number of likely N-dealkylation sites (tertiary alicyclic amines) is 1. The van der Waals surface area contributed by atoms with Crippen LogP contribution in [-0.2, 0) is 16.6 Å². The first-order valence-corrected chi connectivity index (χ1v) is 9.56. The van der Waals surface area contributed by atoms with Crippen molar-refractivity contribution in [1.29, 1.82) is 0 Å². The zero-order valence-electron chi connectivity index (χ0n) is 16.1. The molecule has 2 aromatic rings. The Morgan fingerprint density at radius 1 is 1.23 bits per heavy atom. The fourth-order valence-corrected chi connectivity index (χ4v) is 3.98. The number of aromatic amines is 1. The van der Waals surface area contributed by atoms with Gasteiger partial charge in [0.15, 0.2) is 0 Å². The number of piperidine rings is 1. The van der Waals surface area contributed by atoms with E-state index in [4.69, 9.17) is 0 Å². The van der Waals surface area contributed by atoms with Crippen LogP contribution in [0.3, 0.4) is 0 Å². The van der Waals surface area contributed by atoms with Gasteiger partial charge in [0.2, 0.25) is 5.91 Å². The lowest BCUT2D eigenvalue weighted by Gasteiger charge is -2.39. The van der Waals surface area contributed by atoms with E-state index >= 15 is 0 Å². The van der Waals surface area contributed by atoms with Crippen LogP contribution in [-0.4, -0.2) is 47.7 Å². The highest BCUT2D eigenvalue weighted by molar-refractivity contribution is 5.88. The van der Waals surface area contributed by atoms with E-state index in [1.807, 2.05) is 25.1 Å². The minimum absolute atomic E-state index is 0.178. The summed E-state index contributed by atoms with van der Waals surface area (Å²) in [4.78, 5) is 15.5. The number of nitrogens with zero attached hydrogens (tertiary/aromatic N) is 2. The number of hydrogen-bond donors (Lipinski definition) is 2. The van der Waals surface area contributed by atoms with Crippen molar-refractivity contribution < 1.29 is 4.79 Å². The number of hydrogen-bond acceptors (Lipinski definition) is 3. The van der Waals surface area contributed by atoms with E-state index in [1.54, 1.807) is 0 Å². The Bertz CT molecular complexity index is 710. The van der Waals surface area contributed by atoms with Gasteiger partial charge in [0, 0.05) is 12.2 Å². The first-order chi connectivity index (χ1) is 12.5. The highest BCUT2D eigenvalue weighted by atomic mass is 16.2. The van der Waals surface area contributed by atoms with Crippen molar-refractivity contribution in [3.8, 4) is 0 Å². The Kier molecular flexibility index (Phi) is 5.77. The molecule has 5 heteroatoms. The first kappa shape index (κ1) is 18.6. The summed E-state index contributed by atoms with van der Waals surface area (Å²) in [6, 6.07) is 10.3. The number of nitrogens with one attached hydrogen (secondary N) is 2. The van der Waals surface area contributed by atoms with Crippen LogP contribution >= 0.6 is 0 Å². The number of aryl methyl sites for hydroxylation is 2. The van der Waals surface area contributed by atoms with Gasteiger partial charge in [-0.2, -0.15) is 5.10 Å². The fourth-order valence-electron chi connectivity index (χ4n) is 3.98. The minimum Gasteiger partial charge on any atom is -0.355 e. The maximum atomic E-state index is 13.2. The quantitative estimate of drug-likeness (QED) is 0.784. The van der Waals surface area contributed by atoms with Crippen molar-refractivity contribution in [1.82, 2.24) is 20.4 Å². The predicted molar refractivity (Wildman–Crippen MR) is 104 cm³/mol. The van der Waals surface area contributed by atoms with Gasteiger partial charge in [-0.15, -0.1) is 0 Å². The second-order valence-electron chi connectivity index (χ2n) is 7.52. The molecule has 26 heavy (non-hydrogen) atoms. The molecule has 0 atom stereocenters. The first-order valence-electron chi connectivity index (χ1n) is 9.56. The largest absolute Gasteiger partial charge is 0.355 e. The summed E-state index contributed by atoms with van der Waals surface area (Å²) in [6.45, 7) is 6.69. The van der Waals surface area contributed by atoms with Crippen molar-refractivity contribution in [2.24, 2.45) is 0 Å². The normalized spacial score (nSPS) is 17.2. The second-order valence-corrected chi connectivity index (χ2v) is 7.52. The molecule has 0 aliphatic carbocycles. The second kappa shape index (κ2) is 8.04. The molecular formula is C21H30N4O. The number of carbonyl (C=O) groups is 1. The predicted octanol–water partition coefficient (Wildman–Crippen LogP) is 2.74. The van der Waals surface area contributed by atoms with Crippen molar-refractivity contribution in [3.05, 3.63) is 52.8 Å². The number of benzene rings is 1. The summed E-state index contributed by atoms with van der Waals surface area (Å²) in [5, 5.41) is 10.5. The van der Waals surface area contributed by atoms with E-state index in [2.05, 4.69) is 46.5 Å². The summed E-state index contributed by atoms with van der Waals surface area (Å²) in [5.41, 5.74) is 4.22. The topological polar surface area (TPSA) is 61.0 Å². The molecule has 1 saturated heterocycles. The molecule has 2 N–H and O–H groups in total. The molecule has 140 valence electrons. The van der Waals surface area contributed by atoms with Crippen molar-refractivity contribution in [2.45, 2.75) is 44.9 Å². The molecule has 1 aromatic carbocycles. The minimum atomic E-state index is -0.394. The molecule has 1 aromatic heterocycles. The summed E-state index contributed by atoms with van der Waals surface area (Å²) in [6.07, 6.45) is 3.62. The summed E-state index contributed by atoms with van der Waals surface area (Å²) < 4.78 is 0. The van der Waals surface area contributed by atoms with Gasteiger partial charge in [0.05, 0.1) is 11.1 Å². The average molecular weight is 354 g/mol. The van der Waals surface area contributed by atoms with E-state index < -0.39 is 5.41 Å². The van der Waals surface area contributed by atoms with Gasteiger partial charge >= 0.3 is 0 Å². The SMILES string of the molecule is Cc1n[nH]c(C)c1CCCNC(=O)C1(c2ccccc2)CCN(C)CC1. The van der Waals surface area contributed by atoms with Crippen LogP contribution in [0.15, 0.2) is 30.3 Å². The van der Waals surface area contributed by atoms with Gasteiger partial charge in [0.1, 0.15) is 0 Å². The number of rotatable bonds is 6. The number of amides is 1. The zero-order chi connectivity index (χ0) is 18.6. The smallest absolute Gasteiger partial charge is 0.230 e. The van der Waals surface area contributed by atoms with E-state index in [0.29, 0.717) is 6.54 Å². The van der Waals surface area contributed by atoms with Crippen LogP contribution in [0, 0.1) is 13.8 Å². The molecule has 0 saturated carbocycles. The molecule has 0 unspecified atom stereocenters. The third-order valence-electron chi connectivity index (χ3n) is 5.77. The van der Waals surface area contributed by atoms with Crippen LogP contribution in [0.1, 0.15) is 41.8 Å². The Balaban J connectivity index is 1.63. The molecule has 3 rings (SSSR count). The average Bonchev–Trinajstić information content (AvgIpc) is 2.98. The van der Waals surface area contributed by atoms with E-state index in [-0.39, 0.29) is 5.91 Å². The van der Waals surface area contributed by atoms with Crippen molar-refractivity contribution in [3.63, 3.8) is 0 Å². The van der Waals surface area contributed by atoms with Gasteiger partial charge in [-0.1, -0.05) is 30.3 Å². The van der Waals surface area contributed by atoms with Crippen LogP contribution in [0.25, 0.3) is 0 Å². The van der Waals surface area contributed by atoms with E-state index in [1.165, 1.54) is 5.56 Å². The standard InChI is InChI=1S/C21H30N4O/c1-16-19(17(2)24-23-16)10-7-13-22-20(26)21(11-14-25(3)15-12-21)18-8-5-4-6-9-18/h4-6,8-9H,7,10-15H2,1-3H3,(H,22,26)(H,23,24). The molecule has 2 heterocycles. The highest BCUT2D eigenvalue weighted by Crippen LogP contribution is 2.35. The Labute approximate surface area is 156 Å². The number of carbonyl (C=O) groups excluding carboxylic acids is 1. The van der Waals surface area contributed by atoms with Crippen LogP contribution in [0.5, 0.6) is 0 Å². The molecule has 0 spiro atoms. The van der Waals surface area contributed by atoms with Gasteiger partial charge in [-0.3, -0.25) is 9.89 Å². The van der Waals surface area contributed by atoms with Crippen molar-refractivity contribution >= 4 is 5.91 Å². The Morgan fingerprint density at radius 3 is 2.54 bits per heavy atom. The molecule has 1 aliphatic heterocycles. The number of aromatic nitrogens is 2. The third kappa shape index (κ3) is 3.83. The van der Waals surface area contributed by atoms with Gasteiger partial charge < -0.3 is 10.2 Å². The molecule has 0 bridgehead atoms.